The molecule has 0 bridgehead atoms. The van der Waals surface area contributed by atoms with Crippen molar-refractivity contribution in [3.8, 4) is 5.75 Å². The molecule has 1 fully saturated rings. The van der Waals surface area contributed by atoms with Crippen molar-refractivity contribution in [1.82, 2.24) is 5.32 Å². The number of benzene rings is 2. The van der Waals surface area contributed by atoms with E-state index < -0.39 is 0 Å². The molecule has 0 aliphatic carbocycles. The van der Waals surface area contributed by atoms with Crippen LogP contribution in [0.25, 0.3) is 11.6 Å². The average Bonchev–Trinajstić information content (AvgIpc) is 3.12. The van der Waals surface area contributed by atoms with E-state index in [0.29, 0.717) is 25.8 Å². The van der Waals surface area contributed by atoms with Crippen LogP contribution < -0.4 is 15.0 Å². The summed E-state index contributed by atoms with van der Waals surface area (Å²) in [5, 5.41) is 4.02. The molecular formula is C26H27Cl2N3O2S. The summed E-state index contributed by atoms with van der Waals surface area (Å²) in [7, 11) is 1.65. The number of hydrogen-bond acceptors (Lipinski definition) is 5. The Morgan fingerprint density at radius 2 is 2.03 bits per heavy atom. The molecule has 2 aliphatic rings. The molecule has 5 nitrogen and oxygen atoms in total. The van der Waals surface area contributed by atoms with Crippen LogP contribution in [-0.2, 0) is 4.79 Å². The first-order valence-corrected chi connectivity index (χ1v) is 12.6. The summed E-state index contributed by atoms with van der Waals surface area (Å²) in [6.45, 7) is 9.71. The Bertz CT molecular complexity index is 1250. The summed E-state index contributed by atoms with van der Waals surface area (Å²) in [5.74, 6) is 0.497. The van der Waals surface area contributed by atoms with Crippen LogP contribution in [-0.4, -0.2) is 30.3 Å². The maximum absolute atomic E-state index is 12.7. The largest absolute Gasteiger partial charge is 0.496 e. The molecule has 2 aromatic rings. The number of allylic oxidation sites excluding steroid dienone is 1. The summed E-state index contributed by atoms with van der Waals surface area (Å²) >= 11 is 13.6. The van der Waals surface area contributed by atoms with Gasteiger partial charge in [0.05, 0.1) is 33.3 Å². The van der Waals surface area contributed by atoms with Gasteiger partial charge >= 0.3 is 0 Å². The van der Waals surface area contributed by atoms with Gasteiger partial charge in [0.1, 0.15) is 5.75 Å². The van der Waals surface area contributed by atoms with Gasteiger partial charge in [0.15, 0.2) is 5.17 Å². The third-order valence-electron chi connectivity index (χ3n) is 5.87. The number of amides is 1. The van der Waals surface area contributed by atoms with Crippen LogP contribution in [0, 0.1) is 0 Å². The zero-order valence-corrected chi connectivity index (χ0v) is 22.2. The van der Waals surface area contributed by atoms with Crippen LogP contribution in [0.1, 0.15) is 45.2 Å². The fourth-order valence-corrected chi connectivity index (χ4v) is 5.52. The zero-order chi connectivity index (χ0) is 24.6. The molecule has 0 atom stereocenters. The summed E-state index contributed by atoms with van der Waals surface area (Å²) in [6, 6.07) is 9.39. The number of amidine groups is 1. The van der Waals surface area contributed by atoms with Crippen molar-refractivity contribution >= 4 is 69.1 Å². The van der Waals surface area contributed by atoms with Gasteiger partial charge in [-0.1, -0.05) is 42.3 Å². The number of nitrogens with one attached hydrogen (secondary N) is 1. The third kappa shape index (κ3) is 4.72. The fourth-order valence-electron chi connectivity index (χ4n) is 4.35. The molecule has 2 heterocycles. The quantitative estimate of drug-likeness (QED) is 0.424. The Hall–Kier alpha value is -2.41. The maximum atomic E-state index is 12.7. The molecule has 0 unspecified atom stereocenters. The fraction of sp³-hybridized carbons (Fsp3) is 0.308. The molecule has 2 aliphatic heterocycles. The van der Waals surface area contributed by atoms with Gasteiger partial charge in [0, 0.05) is 29.4 Å². The first-order chi connectivity index (χ1) is 16.1. The highest BCUT2D eigenvalue weighted by atomic mass is 35.5. The van der Waals surface area contributed by atoms with E-state index in [9.17, 15) is 4.79 Å². The molecule has 0 spiro atoms. The van der Waals surface area contributed by atoms with Crippen molar-refractivity contribution in [3.05, 3.63) is 62.5 Å². The van der Waals surface area contributed by atoms with Crippen molar-refractivity contribution in [1.29, 1.82) is 0 Å². The van der Waals surface area contributed by atoms with Gasteiger partial charge in [-0.3, -0.25) is 4.79 Å². The predicted molar refractivity (Wildman–Crippen MR) is 146 cm³/mol. The number of fused-ring (bicyclic) bond motifs is 1. The van der Waals surface area contributed by atoms with E-state index >= 15 is 0 Å². The minimum Gasteiger partial charge on any atom is -0.496 e. The van der Waals surface area contributed by atoms with Gasteiger partial charge in [-0.05, 0) is 68.8 Å². The van der Waals surface area contributed by atoms with Crippen LogP contribution in [0.15, 0.2) is 46.3 Å². The molecule has 1 amide bonds. The predicted octanol–water partition coefficient (Wildman–Crippen LogP) is 7.31. The van der Waals surface area contributed by atoms with Crippen molar-refractivity contribution in [2.75, 3.05) is 18.6 Å². The second-order valence-corrected chi connectivity index (χ2v) is 10.6. The van der Waals surface area contributed by atoms with Crippen LogP contribution in [0.2, 0.25) is 10.0 Å². The number of carbonyl (C=O) groups is 1. The van der Waals surface area contributed by atoms with E-state index in [4.69, 9.17) is 27.9 Å². The summed E-state index contributed by atoms with van der Waals surface area (Å²) in [4.78, 5) is 20.1. The van der Waals surface area contributed by atoms with Crippen molar-refractivity contribution in [2.45, 2.75) is 39.7 Å². The number of anilines is 1. The van der Waals surface area contributed by atoms with E-state index in [1.54, 1.807) is 25.3 Å². The number of halogens is 2. The second-order valence-electron chi connectivity index (χ2n) is 8.80. The summed E-state index contributed by atoms with van der Waals surface area (Å²) < 4.78 is 5.74. The highest BCUT2D eigenvalue weighted by molar-refractivity contribution is 8.18. The van der Waals surface area contributed by atoms with Gasteiger partial charge in [0.2, 0.25) is 0 Å². The van der Waals surface area contributed by atoms with Gasteiger partial charge in [-0.25, -0.2) is 4.99 Å². The monoisotopic (exact) mass is 515 g/mol. The second kappa shape index (κ2) is 9.68. The minimum absolute atomic E-state index is 0.0910. The standard InChI is InChI=1S/C26H27Cl2N3O2S/c1-6-10-31-20-13-21(33-5)16(11-17(20)15(2)14-26(31,3)4)12-22-24(32)30-25(34-22)29-19-9-7-8-18(27)23(19)28/h7-9,11-14H,6,10H2,1-5H3,(H,29,30,32)/b22-12+. The van der Waals surface area contributed by atoms with E-state index in [1.165, 1.54) is 17.3 Å². The number of thioether (sulfide) groups is 1. The van der Waals surface area contributed by atoms with Crippen LogP contribution in [0.4, 0.5) is 11.4 Å². The van der Waals surface area contributed by atoms with Crippen molar-refractivity contribution < 1.29 is 9.53 Å². The van der Waals surface area contributed by atoms with E-state index in [0.717, 1.165) is 35.5 Å². The number of methoxy groups -OCH3 is 1. The van der Waals surface area contributed by atoms with Crippen molar-refractivity contribution in [2.24, 2.45) is 4.99 Å². The molecular weight excluding hydrogens is 489 g/mol. The number of carbonyl (C=O) groups excluding carboxylic acids is 1. The molecule has 2 aromatic carbocycles. The molecule has 0 saturated carbocycles. The van der Waals surface area contributed by atoms with Gasteiger partial charge in [-0.2, -0.15) is 0 Å². The lowest BCUT2D eigenvalue weighted by Crippen LogP contribution is -2.45. The lowest BCUT2D eigenvalue weighted by Gasteiger charge is -2.43. The maximum Gasteiger partial charge on any atom is 0.264 e. The lowest BCUT2D eigenvalue weighted by molar-refractivity contribution is -0.115. The lowest BCUT2D eigenvalue weighted by atomic mass is 9.87. The topological polar surface area (TPSA) is 53.9 Å². The first-order valence-electron chi connectivity index (χ1n) is 11.1. The molecule has 0 radical (unpaired) electrons. The molecule has 0 aromatic heterocycles. The molecule has 34 heavy (non-hydrogen) atoms. The molecule has 4 rings (SSSR count). The highest BCUT2D eigenvalue weighted by Crippen LogP contribution is 2.43. The van der Waals surface area contributed by atoms with E-state index in [-0.39, 0.29) is 11.4 Å². The van der Waals surface area contributed by atoms with Crippen LogP contribution in [0.5, 0.6) is 5.75 Å². The summed E-state index contributed by atoms with van der Waals surface area (Å²) in [5.41, 5.74) is 4.74. The molecule has 1 N–H and O–H groups in total. The third-order valence-corrected chi connectivity index (χ3v) is 7.59. The van der Waals surface area contributed by atoms with Gasteiger partial charge < -0.3 is 15.0 Å². The SMILES string of the molecule is CCCN1c2cc(OC)c(/C=C3/SC(=Nc4cccc(Cl)c4Cl)NC3=O)cc2C(C)=CC1(C)C. The Morgan fingerprint density at radius 3 is 2.74 bits per heavy atom. The number of aliphatic imine (C=N–C) groups is 1. The van der Waals surface area contributed by atoms with Gasteiger partial charge in [-0.15, -0.1) is 0 Å². The highest BCUT2D eigenvalue weighted by Gasteiger charge is 2.32. The molecule has 178 valence electrons. The number of hydrogen-bond donors (Lipinski definition) is 1. The van der Waals surface area contributed by atoms with Crippen LogP contribution in [0.3, 0.4) is 0 Å². The Labute approximate surface area is 214 Å². The normalized spacial score (nSPS) is 19.3. The zero-order valence-electron chi connectivity index (χ0n) is 19.8. The number of ether oxygens (including phenoxy) is 1. The first kappa shape index (κ1) is 24.7. The van der Waals surface area contributed by atoms with Crippen LogP contribution >= 0.6 is 35.0 Å². The molecule has 8 heteroatoms. The van der Waals surface area contributed by atoms with Gasteiger partial charge in [0.25, 0.3) is 5.91 Å². The minimum atomic E-state index is -0.220. The smallest absolute Gasteiger partial charge is 0.264 e. The van der Waals surface area contributed by atoms with E-state index in [2.05, 4.69) is 61.1 Å². The summed E-state index contributed by atoms with van der Waals surface area (Å²) in [6.07, 6.45) is 5.18. The Kier molecular flexibility index (Phi) is 7.04. The Morgan fingerprint density at radius 1 is 1.26 bits per heavy atom. The number of rotatable bonds is 5. The molecule has 1 saturated heterocycles. The Balaban J connectivity index is 1.72. The van der Waals surface area contributed by atoms with Crippen molar-refractivity contribution in [3.63, 3.8) is 0 Å². The van der Waals surface area contributed by atoms with E-state index in [1.807, 2.05) is 6.08 Å². The number of nitrogens with zero attached hydrogens (tertiary/aromatic N) is 2. The average molecular weight is 516 g/mol.